The molecule has 1 saturated carbocycles. The fourth-order valence-electron chi connectivity index (χ4n) is 4.60. The molecular weight excluding hydrogens is 448 g/mol. The van der Waals surface area contributed by atoms with Gasteiger partial charge in [0.05, 0.1) is 11.7 Å². The number of fused-ring (bicyclic) bond motifs is 1. The standard InChI is InChI=1S/C26H25F2N7/c27-19-4-1-5-20(28)24(19)34-22-11-16(8-10-31-22)25-33-21-14-30-13-18(15-6-7-15)23(21)26(35-25)32-17-3-2-9-29-12-17/h1,4-5,8,10-11,13-15,17,29H,2-3,6-7,9,12H2,(H,31,34)(H,32,33,35). The lowest BCUT2D eigenvalue weighted by atomic mass is 10.0. The minimum absolute atomic E-state index is 0.248. The van der Waals surface area contributed by atoms with Crippen molar-refractivity contribution in [1.29, 1.82) is 0 Å². The smallest absolute Gasteiger partial charge is 0.162 e. The molecule has 2 fully saturated rings. The Balaban J connectivity index is 1.41. The summed E-state index contributed by atoms with van der Waals surface area (Å²) < 4.78 is 28.3. The van der Waals surface area contributed by atoms with Crippen LogP contribution in [0.15, 0.2) is 48.9 Å². The summed E-state index contributed by atoms with van der Waals surface area (Å²) >= 11 is 0. The van der Waals surface area contributed by atoms with Crippen LogP contribution in [0.2, 0.25) is 0 Å². The van der Waals surface area contributed by atoms with Gasteiger partial charge in [0.1, 0.15) is 29.0 Å². The van der Waals surface area contributed by atoms with Crippen LogP contribution in [0.5, 0.6) is 0 Å². The van der Waals surface area contributed by atoms with Crippen molar-refractivity contribution >= 4 is 28.2 Å². The van der Waals surface area contributed by atoms with E-state index in [1.807, 2.05) is 6.20 Å². The molecule has 1 aromatic carbocycles. The summed E-state index contributed by atoms with van der Waals surface area (Å²) in [5.74, 6) is 0.715. The lowest BCUT2D eigenvalue weighted by Gasteiger charge is -2.25. The minimum Gasteiger partial charge on any atom is -0.365 e. The molecule has 3 N–H and O–H groups in total. The van der Waals surface area contributed by atoms with Crippen LogP contribution in [0.1, 0.15) is 37.2 Å². The summed E-state index contributed by atoms with van der Waals surface area (Å²) in [5, 5.41) is 10.9. The van der Waals surface area contributed by atoms with Crippen LogP contribution in [0.4, 0.5) is 26.1 Å². The van der Waals surface area contributed by atoms with E-state index in [1.54, 1.807) is 24.5 Å². The van der Waals surface area contributed by atoms with Gasteiger partial charge >= 0.3 is 0 Å². The van der Waals surface area contributed by atoms with Crippen molar-refractivity contribution < 1.29 is 8.78 Å². The van der Waals surface area contributed by atoms with E-state index in [4.69, 9.17) is 9.97 Å². The van der Waals surface area contributed by atoms with Gasteiger partial charge in [0.15, 0.2) is 5.82 Å². The molecule has 0 radical (unpaired) electrons. The van der Waals surface area contributed by atoms with Crippen LogP contribution >= 0.6 is 0 Å². The highest BCUT2D eigenvalue weighted by Gasteiger charge is 2.28. The fourth-order valence-corrected chi connectivity index (χ4v) is 4.60. The Bertz CT molecular complexity index is 1360. The number of hydrogen-bond donors (Lipinski definition) is 3. The van der Waals surface area contributed by atoms with E-state index >= 15 is 0 Å². The van der Waals surface area contributed by atoms with Gasteiger partial charge in [0.25, 0.3) is 0 Å². The maximum atomic E-state index is 14.1. The van der Waals surface area contributed by atoms with Crippen LogP contribution < -0.4 is 16.0 Å². The lowest BCUT2D eigenvalue weighted by Crippen LogP contribution is -2.38. The topological polar surface area (TPSA) is 87.7 Å². The molecule has 1 unspecified atom stereocenters. The maximum Gasteiger partial charge on any atom is 0.162 e. The third-order valence-electron chi connectivity index (χ3n) is 6.52. The third kappa shape index (κ3) is 4.51. The Labute approximate surface area is 201 Å². The summed E-state index contributed by atoms with van der Waals surface area (Å²) in [6, 6.07) is 7.47. The average molecular weight is 474 g/mol. The molecule has 1 aliphatic heterocycles. The molecule has 4 aromatic rings. The highest BCUT2D eigenvalue weighted by Crippen LogP contribution is 2.44. The van der Waals surface area contributed by atoms with Gasteiger partial charge < -0.3 is 16.0 Å². The number of aromatic nitrogens is 4. The first kappa shape index (κ1) is 21.8. The number of pyridine rings is 2. The van der Waals surface area contributed by atoms with Crippen molar-refractivity contribution in [2.75, 3.05) is 23.7 Å². The molecule has 178 valence electrons. The van der Waals surface area contributed by atoms with Gasteiger partial charge in [0.2, 0.25) is 0 Å². The van der Waals surface area contributed by atoms with Gasteiger partial charge in [-0.25, -0.2) is 23.7 Å². The molecular formula is C26H25F2N7. The molecule has 0 amide bonds. The Morgan fingerprint density at radius 3 is 2.63 bits per heavy atom. The zero-order chi connectivity index (χ0) is 23.8. The lowest BCUT2D eigenvalue weighted by molar-refractivity contribution is 0.479. The average Bonchev–Trinajstić information content (AvgIpc) is 3.72. The number of para-hydroxylation sites is 1. The number of benzene rings is 1. The molecule has 9 heteroatoms. The number of hydrogen-bond acceptors (Lipinski definition) is 7. The maximum absolute atomic E-state index is 14.1. The second kappa shape index (κ2) is 9.14. The number of halogens is 2. The van der Waals surface area contributed by atoms with Crippen LogP contribution in [-0.2, 0) is 0 Å². The van der Waals surface area contributed by atoms with Crippen LogP contribution in [-0.4, -0.2) is 39.1 Å². The zero-order valence-electron chi connectivity index (χ0n) is 19.1. The van der Waals surface area contributed by atoms with Gasteiger partial charge in [-0.05, 0) is 68.0 Å². The zero-order valence-corrected chi connectivity index (χ0v) is 19.1. The number of nitrogens with one attached hydrogen (secondary N) is 3. The van der Waals surface area contributed by atoms with Gasteiger partial charge in [0, 0.05) is 35.9 Å². The monoisotopic (exact) mass is 473 g/mol. The molecule has 3 aromatic heterocycles. The summed E-state index contributed by atoms with van der Waals surface area (Å²) in [7, 11) is 0. The highest BCUT2D eigenvalue weighted by atomic mass is 19.1. The molecule has 1 atom stereocenters. The third-order valence-corrected chi connectivity index (χ3v) is 6.52. The summed E-state index contributed by atoms with van der Waals surface area (Å²) in [6.45, 7) is 1.91. The van der Waals surface area contributed by atoms with E-state index in [1.165, 1.54) is 23.8 Å². The Morgan fingerprint density at radius 1 is 1.00 bits per heavy atom. The van der Waals surface area contributed by atoms with Crippen LogP contribution in [0.3, 0.4) is 0 Å². The molecule has 1 saturated heterocycles. The number of piperidine rings is 1. The molecule has 2 aliphatic rings. The second-order valence-corrected chi connectivity index (χ2v) is 9.13. The number of rotatable bonds is 6. The first-order chi connectivity index (χ1) is 17.2. The van der Waals surface area contributed by atoms with Crippen molar-refractivity contribution in [3.63, 3.8) is 0 Å². The van der Waals surface area contributed by atoms with E-state index in [0.29, 0.717) is 23.1 Å². The van der Waals surface area contributed by atoms with Gasteiger partial charge in [-0.15, -0.1) is 0 Å². The van der Waals surface area contributed by atoms with Gasteiger partial charge in [-0.1, -0.05) is 6.07 Å². The Kier molecular flexibility index (Phi) is 5.69. The van der Waals surface area contributed by atoms with Crippen molar-refractivity contribution in [3.05, 3.63) is 66.1 Å². The quantitative estimate of drug-likeness (QED) is 0.357. The van der Waals surface area contributed by atoms with E-state index in [2.05, 4.69) is 25.9 Å². The van der Waals surface area contributed by atoms with Crippen molar-refractivity contribution in [2.45, 2.75) is 37.6 Å². The largest absolute Gasteiger partial charge is 0.365 e. The van der Waals surface area contributed by atoms with Crippen LogP contribution in [0.25, 0.3) is 22.3 Å². The minimum atomic E-state index is -0.689. The first-order valence-electron chi connectivity index (χ1n) is 12.0. The fraction of sp³-hybridized carbons (Fsp3) is 0.308. The summed E-state index contributed by atoms with van der Waals surface area (Å²) in [6.07, 6.45) is 9.75. The van der Waals surface area contributed by atoms with E-state index in [-0.39, 0.29) is 11.7 Å². The Hall–Kier alpha value is -3.72. The molecule has 4 heterocycles. The first-order valence-corrected chi connectivity index (χ1v) is 12.0. The second-order valence-electron chi connectivity index (χ2n) is 9.13. The van der Waals surface area contributed by atoms with E-state index in [0.717, 1.165) is 55.5 Å². The highest BCUT2D eigenvalue weighted by molar-refractivity contribution is 5.93. The van der Waals surface area contributed by atoms with Gasteiger partial charge in [-0.3, -0.25) is 4.98 Å². The molecule has 0 bridgehead atoms. The number of nitrogens with zero attached hydrogens (tertiary/aromatic N) is 4. The molecule has 7 nitrogen and oxygen atoms in total. The molecule has 35 heavy (non-hydrogen) atoms. The van der Waals surface area contributed by atoms with E-state index in [9.17, 15) is 8.78 Å². The van der Waals surface area contributed by atoms with Crippen molar-refractivity contribution in [3.8, 4) is 11.4 Å². The molecule has 0 spiro atoms. The van der Waals surface area contributed by atoms with Crippen molar-refractivity contribution in [2.24, 2.45) is 0 Å². The number of anilines is 3. The van der Waals surface area contributed by atoms with Gasteiger partial charge in [-0.2, -0.15) is 0 Å². The Morgan fingerprint density at radius 2 is 1.86 bits per heavy atom. The SMILES string of the molecule is Fc1cccc(F)c1Nc1cc(-c2nc(NC3CCCNC3)c3c(C4CC4)cncc3n2)ccn1. The predicted octanol–water partition coefficient (Wildman–Crippen LogP) is 5.15. The summed E-state index contributed by atoms with van der Waals surface area (Å²) in [4.78, 5) is 18.4. The predicted molar refractivity (Wildman–Crippen MR) is 132 cm³/mol. The van der Waals surface area contributed by atoms with Crippen LogP contribution in [0, 0.1) is 11.6 Å². The molecule has 6 rings (SSSR count). The van der Waals surface area contributed by atoms with Crippen molar-refractivity contribution in [1.82, 2.24) is 25.3 Å². The normalized spacial score (nSPS) is 17.9. The molecule has 1 aliphatic carbocycles. The van der Waals surface area contributed by atoms with E-state index < -0.39 is 11.6 Å². The summed E-state index contributed by atoms with van der Waals surface area (Å²) in [5.41, 5.74) is 2.40.